The van der Waals surface area contributed by atoms with Gasteiger partial charge in [-0.1, -0.05) is 6.92 Å². The Morgan fingerprint density at radius 3 is 2.58 bits per heavy atom. The van der Waals surface area contributed by atoms with E-state index in [1.165, 1.54) is 0 Å². The Morgan fingerprint density at radius 2 is 2.00 bits per heavy atom. The van der Waals surface area contributed by atoms with Gasteiger partial charge in [0.2, 0.25) is 5.91 Å². The molecular weight excluding hydrogens is 242 g/mol. The van der Waals surface area contributed by atoms with Gasteiger partial charge in [-0.05, 0) is 44.0 Å². The molecule has 5 nitrogen and oxygen atoms in total. The van der Waals surface area contributed by atoms with Crippen LogP contribution in [0, 0.1) is 6.92 Å². The van der Waals surface area contributed by atoms with Gasteiger partial charge >= 0.3 is 0 Å². The zero-order valence-corrected chi connectivity index (χ0v) is 11.6. The van der Waals surface area contributed by atoms with Crippen LogP contribution < -0.4 is 16.4 Å². The van der Waals surface area contributed by atoms with Crippen molar-refractivity contribution in [3.8, 4) is 0 Å². The van der Waals surface area contributed by atoms with Gasteiger partial charge in [0, 0.05) is 17.8 Å². The SMILES string of the molecule is CCCNC(=O)C(C)NC(=O)c1cc(C)cc(N)c1. The molecule has 1 unspecified atom stereocenters. The highest BCUT2D eigenvalue weighted by molar-refractivity contribution is 5.98. The van der Waals surface area contributed by atoms with Crippen molar-refractivity contribution in [2.24, 2.45) is 0 Å². The van der Waals surface area contributed by atoms with Gasteiger partial charge in [0.05, 0.1) is 0 Å². The van der Waals surface area contributed by atoms with Crippen LogP contribution in [0.1, 0.15) is 36.2 Å². The fraction of sp³-hybridized carbons (Fsp3) is 0.429. The normalized spacial score (nSPS) is 11.7. The molecule has 0 aliphatic carbocycles. The van der Waals surface area contributed by atoms with E-state index in [0.29, 0.717) is 17.8 Å². The number of aryl methyl sites for hydroxylation is 1. The van der Waals surface area contributed by atoms with Gasteiger partial charge in [-0.3, -0.25) is 9.59 Å². The van der Waals surface area contributed by atoms with E-state index < -0.39 is 6.04 Å². The van der Waals surface area contributed by atoms with Gasteiger partial charge in [0.15, 0.2) is 0 Å². The fourth-order valence-corrected chi connectivity index (χ4v) is 1.69. The summed E-state index contributed by atoms with van der Waals surface area (Å²) in [6, 6.07) is 4.55. The Bertz CT molecular complexity index is 452. The third-order valence-corrected chi connectivity index (χ3v) is 2.65. The van der Waals surface area contributed by atoms with Gasteiger partial charge in [-0.2, -0.15) is 0 Å². The Kier molecular flexibility index (Phi) is 5.36. The molecule has 0 aromatic heterocycles. The lowest BCUT2D eigenvalue weighted by atomic mass is 10.1. The van der Waals surface area contributed by atoms with Gasteiger partial charge in [-0.15, -0.1) is 0 Å². The summed E-state index contributed by atoms with van der Waals surface area (Å²) < 4.78 is 0. The standard InChI is InChI=1S/C14H21N3O2/c1-4-5-16-13(18)10(3)17-14(19)11-6-9(2)7-12(15)8-11/h6-8,10H,4-5,15H2,1-3H3,(H,16,18)(H,17,19). The second kappa shape index (κ2) is 6.78. The Labute approximate surface area is 113 Å². The van der Waals surface area contributed by atoms with Gasteiger partial charge in [0.25, 0.3) is 5.91 Å². The maximum Gasteiger partial charge on any atom is 0.252 e. The van der Waals surface area contributed by atoms with Crippen molar-refractivity contribution in [2.45, 2.75) is 33.2 Å². The topological polar surface area (TPSA) is 84.2 Å². The van der Waals surface area contributed by atoms with Gasteiger partial charge in [-0.25, -0.2) is 0 Å². The molecule has 1 aromatic carbocycles. The van der Waals surface area contributed by atoms with Crippen LogP contribution in [0.5, 0.6) is 0 Å². The van der Waals surface area contributed by atoms with Gasteiger partial charge < -0.3 is 16.4 Å². The van der Waals surface area contributed by atoms with E-state index in [9.17, 15) is 9.59 Å². The summed E-state index contributed by atoms with van der Waals surface area (Å²) >= 11 is 0. The molecule has 0 heterocycles. The van der Waals surface area contributed by atoms with E-state index >= 15 is 0 Å². The first-order valence-corrected chi connectivity index (χ1v) is 6.39. The van der Waals surface area contributed by atoms with Crippen molar-refractivity contribution in [3.63, 3.8) is 0 Å². The number of amides is 2. The molecule has 0 fully saturated rings. The van der Waals surface area contributed by atoms with E-state index in [-0.39, 0.29) is 11.8 Å². The minimum absolute atomic E-state index is 0.184. The first kappa shape index (κ1) is 15.0. The number of hydrogen-bond donors (Lipinski definition) is 3. The van der Waals surface area contributed by atoms with Crippen LogP contribution in [0.4, 0.5) is 5.69 Å². The van der Waals surface area contributed by atoms with Crippen molar-refractivity contribution >= 4 is 17.5 Å². The third kappa shape index (κ3) is 4.62. The Hall–Kier alpha value is -2.04. The predicted octanol–water partition coefficient (Wildman–Crippen LogP) is 1.22. The molecule has 0 bridgehead atoms. The summed E-state index contributed by atoms with van der Waals surface area (Å²) in [4.78, 5) is 23.6. The second-order valence-corrected chi connectivity index (χ2v) is 4.62. The van der Waals surface area contributed by atoms with Crippen LogP contribution in [-0.4, -0.2) is 24.4 Å². The summed E-state index contributed by atoms with van der Waals surface area (Å²) in [5.74, 6) is -0.481. The third-order valence-electron chi connectivity index (χ3n) is 2.65. The summed E-state index contributed by atoms with van der Waals surface area (Å²) in [6.07, 6.45) is 0.862. The monoisotopic (exact) mass is 263 g/mol. The molecule has 0 aliphatic rings. The maximum absolute atomic E-state index is 12.0. The molecule has 0 saturated heterocycles. The summed E-state index contributed by atoms with van der Waals surface area (Å²) in [5, 5.41) is 5.39. The minimum Gasteiger partial charge on any atom is -0.399 e. The number of nitrogens with two attached hydrogens (primary N) is 1. The number of nitrogens with one attached hydrogen (secondary N) is 2. The van der Waals surface area contributed by atoms with Crippen molar-refractivity contribution in [2.75, 3.05) is 12.3 Å². The molecule has 1 rings (SSSR count). The zero-order chi connectivity index (χ0) is 14.4. The molecule has 104 valence electrons. The second-order valence-electron chi connectivity index (χ2n) is 4.62. The van der Waals surface area contributed by atoms with Crippen LogP contribution in [-0.2, 0) is 4.79 Å². The van der Waals surface area contributed by atoms with E-state index in [1.807, 2.05) is 13.8 Å². The molecule has 1 aromatic rings. The molecule has 19 heavy (non-hydrogen) atoms. The molecule has 5 heteroatoms. The summed E-state index contributed by atoms with van der Waals surface area (Å²) in [5.41, 5.74) is 7.61. The van der Waals surface area contributed by atoms with Crippen LogP contribution in [0.3, 0.4) is 0 Å². The van der Waals surface area contributed by atoms with Crippen molar-refractivity contribution in [3.05, 3.63) is 29.3 Å². The first-order chi connectivity index (χ1) is 8.93. The number of rotatable bonds is 5. The molecular formula is C14H21N3O2. The van der Waals surface area contributed by atoms with Crippen LogP contribution in [0.2, 0.25) is 0 Å². The molecule has 0 spiro atoms. The Balaban J connectivity index is 2.66. The molecule has 0 radical (unpaired) electrons. The highest BCUT2D eigenvalue weighted by Gasteiger charge is 2.16. The smallest absolute Gasteiger partial charge is 0.252 e. The summed E-state index contributed by atoms with van der Waals surface area (Å²) in [7, 11) is 0. The highest BCUT2D eigenvalue weighted by atomic mass is 16.2. The summed E-state index contributed by atoms with van der Waals surface area (Å²) in [6.45, 7) is 6.10. The zero-order valence-electron chi connectivity index (χ0n) is 11.6. The number of anilines is 1. The van der Waals surface area contributed by atoms with Crippen molar-refractivity contribution in [1.82, 2.24) is 10.6 Å². The lowest BCUT2D eigenvalue weighted by Crippen LogP contribution is -2.45. The van der Waals surface area contributed by atoms with Crippen LogP contribution >= 0.6 is 0 Å². The largest absolute Gasteiger partial charge is 0.399 e. The average molecular weight is 263 g/mol. The quantitative estimate of drug-likeness (QED) is 0.698. The molecule has 4 N–H and O–H groups in total. The number of benzene rings is 1. The number of carbonyl (C=O) groups excluding carboxylic acids is 2. The molecule has 1 atom stereocenters. The van der Waals surface area contributed by atoms with Crippen LogP contribution in [0.15, 0.2) is 18.2 Å². The Morgan fingerprint density at radius 1 is 1.32 bits per heavy atom. The fourth-order valence-electron chi connectivity index (χ4n) is 1.69. The lowest BCUT2D eigenvalue weighted by Gasteiger charge is -2.14. The number of nitrogen functional groups attached to an aromatic ring is 1. The average Bonchev–Trinajstić information content (AvgIpc) is 2.34. The molecule has 2 amide bonds. The lowest BCUT2D eigenvalue weighted by molar-refractivity contribution is -0.122. The predicted molar refractivity (Wildman–Crippen MR) is 75.8 cm³/mol. The highest BCUT2D eigenvalue weighted by Crippen LogP contribution is 2.11. The molecule has 0 saturated carbocycles. The first-order valence-electron chi connectivity index (χ1n) is 6.39. The minimum atomic E-state index is -0.569. The van der Waals surface area contributed by atoms with Crippen molar-refractivity contribution in [1.29, 1.82) is 0 Å². The van der Waals surface area contributed by atoms with Crippen molar-refractivity contribution < 1.29 is 9.59 Å². The maximum atomic E-state index is 12.0. The number of carbonyl (C=O) groups is 2. The van der Waals surface area contributed by atoms with E-state index in [2.05, 4.69) is 10.6 Å². The van der Waals surface area contributed by atoms with E-state index in [4.69, 9.17) is 5.73 Å². The number of hydrogen-bond acceptors (Lipinski definition) is 3. The van der Waals surface area contributed by atoms with Gasteiger partial charge in [0.1, 0.15) is 6.04 Å². The van der Waals surface area contributed by atoms with Crippen LogP contribution in [0.25, 0.3) is 0 Å². The molecule has 0 aliphatic heterocycles. The van der Waals surface area contributed by atoms with E-state index in [1.54, 1.807) is 25.1 Å². The van der Waals surface area contributed by atoms with E-state index in [0.717, 1.165) is 12.0 Å².